The maximum atomic E-state index is 12.3. The second kappa shape index (κ2) is 6.29. The van der Waals surface area contributed by atoms with Crippen molar-refractivity contribution in [2.75, 3.05) is 11.1 Å². The minimum absolute atomic E-state index is 0.0213. The predicted molar refractivity (Wildman–Crippen MR) is 99.3 cm³/mol. The number of nitrogens with one attached hydrogen (secondary N) is 1. The number of amides is 1. The molecule has 0 aliphatic carbocycles. The maximum Gasteiger partial charge on any atom is 0.235 e. The van der Waals surface area contributed by atoms with Crippen molar-refractivity contribution in [3.05, 3.63) is 71.4 Å². The summed E-state index contributed by atoms with van der Waals surface area (Å²) in [6.07, 6.45) is 0. The third-order valence-electron chi connectivity index (χ3n) is 4.20. The third kappa shape index (κ3) is 2.89. The molecule has 0 saturated heterocycles. The van der Waals surface area contributed by atoms with Gasteiger partial charge in [0.15, 0.2) is 0 Å². The number of hydrogen-bond acceptors (Lipinski definition) is 4. The van der Waals surface area contributed by atoms with Crippen molar-refractivity contribution in [3.63, 3.8) is 0 Å². The molecule has 1 aliphatic rings. The van der Waals surface area contributed by atoms with E-state index in [1.165, 1.54) is 0 Å². The zero-order valence-corrected chi connectivity index (χ0v) is 14.5. The van der Waals surface area contributed by atoms with E-state index in [9.17, 15) is 9.90 Å². The minimum Gasteiger partial charge on any atom is -0.508 e. The zero-order chi connectivity index (χ0) is 17.4. The van der Waals surface area contributed by atoms with Crippen LogP contribution in [0.3, 0.4) is 0 Å². The van der Waals surface area contributed by atoms with E-state index in [4.69, 9.17) is 0 Å². The Morgan fingerprint density at radius 3 is 2.60 bits per heavy atom. The van der Waals surface area contributed by atoms with Gasteiger partial charge in [0.1, 0.15) is 11.6 Å². The number of carbonyl (C=O) groups excluding carboxylic acids is 1. The molecule has 2 aromatic carbocycles. The second-order valence-electron chi connectivity index (χ2n) is 5.93. The molecular formula is C19H17N3O2S. The Morgan fingerprint density at radius 1 is 1.16 bits per heavy atom. The Labute approximate surface area is 149 Å². The summed E-state index contributed by atoms with van der Waals surface area (Å²) in [5.41, 5.74) is 3.83. The molecule has 25 heavy (non-hydrogen) atoms. The molecule has 1 amide bonds. The van der Waals surface area contributed by atoms with Gasteiger partial charge in [-0.1, -0.05) is 30.3 Å². The molecule has 1 atom stereocenters. The molecule has 3 aromatic rings. The average Bonchev–Trinajstić information content (AvgIpc) is 2.83. The fourth-order valence-corrected chi connectivity index (χ4v) is 4.24. The molecule has 0 unspecified atom stereocenters. The van der Waals surface area contributed by atoms with Crippen molar-refractivity contribution in [2.45, 2.75) is 12.2 Å². The summed E-state index contributed by atoms with van der Waals surface area (Å²) in [6.45, 7) is 1.96. The van der Waals surface area contributed by atoms with Crippen LogP contribution in [0.2, 0.25) is 0 Å². The Kier molecular flexibility index (Phi) is 3.97. The number of phenolic OH excluding ortho intramolecular Hbond substituents is 1. The van der Waals surface area contributed by atoms with Gasteiger partial charge in [-0.05, 0) is 36.8 Å². The highest BCUT2D eigenvalue weighted by molar-refractivity contribution is 8.00. The van der Waals surface area contributed by atoms with Crippen molar-refractivity contribution in [1.82, 2.24) is 9.78 Å². The van der Waals surface area contributed by atoms with Crippen molar-refractivity contribution >= 4 is 23.5 Å². The first-order chi connectivity index (χ1) is 12.1. The van der Waals surface area contributed by atoms with Crippen LogP contribution in [0.25, 0.3) is 5.69 Å². The van der Waals surface area contributed by atoms with E-state index in [0.717, 1.165) is 28.3 Å². The molecule has 4 rings (SSSR count). The number of aromatic hydroxyl groups is 1. The van der Waals surface area contributed by atoms with Crippen molar-refractivity contribution in [2.24, 2.45) is 0 Å². The van der Waals surface area contributed by atoms with E-state index < -0.39 is 0 Å². The number of rotatable bonds is 2. The van der Waals surface area contributed by atoms with Gasteiger partial charge in [0, 0.05) is 5.56 Å². The van der Waals surface area contributed by atoms with E-state index in [0.29, 0.717) is 5.75 Å². The van der Waals surface area contributed by atoms with E-state index in [2.05, 4.69) is 10.4 Å². The summed E-state index contributed by atoms with van der Waals surface area (Å²) in [7, 11) is 0. The number of hydrogen-bond donors (Lipinski definition) is 2. The molecule has 1 aliphatic heterocycles. The number of aromatic nitrogens is 2. The largest absolute Gasteiger partial charge is 0.508 e. The molecule has 6 heteroatoms. The van der Waals surface area contributed by atoms with Gasteiger partial charge >= 0.3 is 0 Å². The van der Waals surface area contributed by atoms with Crippen LogP contribution in [0, 0.1) is 6.92 Å². The average molecular weight is 351 g/mol. The van der Waals surface area contributed by atoms with Gasteiger partial charge in [-0.15, -0.1) is 11.8 Å². The number of benzene rings is 2. The molecular weight excluding hydrogens is 334 g/mol. The zero-order valence-electron chi connectivity index (χ0n) is 13.6. The first-order valence-electron chi connectivity index (χ1n) is 7.99. The van der Waals surface area contributed by atoms with Crippen molar-refractivity contribution in [1.29, 1.82) is 0 Å². The van der Waals surface area contributed by atoms with Crippen LogP contribution < -0.4 is 5.32 Å². The normalized spacial score (nSPS) is 16.8. The number of carbonyl (C=O) groups is 1. The summed E-state index contributed by atoms with van der Waals surface area (Å²) < 4.78 is 1.79. The molecule has 2 N–H and O–H groups in total. The standard InChI is InChI=1S/C19H17N3O2S/c1-12-17-18(13-7-9-15(23)10-8-13)25-11-16(24)20-19(17)22(21-12)14-5-3-2-4-6-14/h2-10,18,23H,11H2,1H3,(H,20,24)/t18-/m0/s1. The van der Waals surface area contributed by atoms with Crippen LogP contribution in [0.15, 0.2) is 54.6 Å². The topological polar surface area (TPSA) is 67.1 Å². The van der Waals surface area contributed by atoms with E-state index in [1.807, 2.05) is 49.4 Å². The maximum absolute atomic E-state index is 12.3. The molecule has 0 bridgehead atoms. The highest BCUT2D eigenvalue weighted by Gasteiger charge is 2.30. The quantitative estimate of drug-likeness (QED) is 0.739. The number of nitrogens with zero attached hydrogens (tertiary/aromatic N) is 2. The third-order valence-corrected chi connectivity index (χ3v) is 5.47. The van der Waals surface area contributed by atoms with Gasteiger partial charge in [-0.2, -0.15) is 5.10 Å². The fraction of sp³-hybridized carbons (Fsp3) is 0.158. The summed E-state index contributed by atoms with van der Waals surface area (Å²) in [6, 6.07) is 16.9. The smallest absolute Gasteiger partial charge is 0.235 e. The molecule has 5 nitrogen and oxygen atoms in total. The van der Waals surface area contributed by atoms with E-state index >= 15 is 0 Å². The lowest BCUT2D eigenvalue weighted by Crippen LogP contribution is -2.15. The Hall–Kier alpha value is -2.73. The number of anilines is 1. The number of para-hydroxylation sites is 1. The van der Waals surface area contributed by atoms with Crippen LogP contribution in [-0.2, 0) is 4.79 Å². The van der Waals surface area contributed by atoms with Gasteiger partial charge < -0.3 is 10.4 Å². The monoisotopic (exact) mass is 351 g/mol. The molecule has 0 saturated carbocycles. The predicted octanol–water partition coefficient (Wildman–Crippen LogP) is 3.66. The van der Waals surface area contributed by atoms with Gasteiger partial charge in [-0.25, -0.2) is 4.68 Å². The summed E-state index contributed by atoms with van der Waals surface area (Å²) in [5, 5.41) is 17.2. The van der Waals surface area contributed by atoms with Gasteiger partial charge in [-0.3, -0.25) is 4.79 Å². The lowest BCUT2D eigenvalue weighted by Gasteiger charge is -2.15. The van der Waals surface area contributed by atoms with Crippen molar-refractivity contribution < 1.29 is 9.90 Å². The highest BCUT2D eigenvalue weighted by atomic mass is 32.2. The number of phenols is 1. The summed E-state index contributed by atoms with van der Waals surface area (Å²) >= 11 is 1.57. The van der Waals surface area contributed by atoms with Gasteiger partial charge in [0.05, 0.1) is 22.4 Å². The van der Waals surface area contributed by atoms with E-state index in [-0.39, 0.29) is 16.9 Å². The molecule has 0 radical (unpaired) electrons. The molecule has 2 heterocycles. The van der Waals surface area contributed by atoms with Crippen LogP contribution in [0.5, 0.6) is 5.75 Å². The molecule has 1 aromatic heterocycles. The lowest BCUT2D eigenvalue weighted by atomic mass is 10.0. The number of fused-ring (bicyclic) bond motifs is 1. The minimum atomic E-state index is -0.0374. The highest BCUT2D eigenvalue weighted by Crippen LogP contribution is 2.43. The Balaban J connectivity index is 1.88. The van der Waals surface area contributed by atoms with Crippen LogP contribution in [-0.4, -0.2) is 26.5 Å². The summed E-state index contributed by atoms with van der Waals surface area (Å²) in [4.78, 5) is 12.3. The first-order valence-corrected chi connectivity index (χ1v) is 9.03. The summed E-state index contributed by atoms with van der Waals surface area (Å²) in [5.74, 6) is 1.28. The van der Waals surface area contributed by atoms with Gasteiger partial charge in [0.25, 0.3) is 0 Å². The number of thioether (sulfide) groups is 1. The second-order valence-corrected chi connectivity index (χ2v) is 7.02. The van der Waals surface area contributed by atoms with E-state index in [1.54, 1.807) is 28.6 Å². The molecule has 126 valence electrons. The first kappa shape index (κ1) is 15.8. The Morgan fingerprint density at radius 2 is 1.88 bits per heavy atom. The molecule has 0 fully saturated rings. The fourth-order valence-electron chi connectivity index (χ4n) is 3.05. The van der Waals surface area contributed by atoms with Crippen LogP contribution in [0.1, 0.15) is 22.1 Å². The van der Waals surface area contributed by atoms with Gasteiger partial charge in [0.2, 0.25) is 5.91 Å². The van der Waals surface area contributed by atoms with Crippen molar-refractivity contribution in [3.8, 4) is 11.4 Å². The Bertz CT molecular complexity index is 920. The van der Waals surface area contributed by atoms with Crippen LogP contribution in [0.4, 0.5) is 5.82 Å². The lowest BCUT2D eigenvalue weighted by molar-refractivity contribution is -0.113. The SMILES string of the molecule is Cc1nn(-c2ccccc2)c2c1[C@H](c1ccc(O)cc1)SCC(=O)N2. The van der Waals surface area contributed by atoms with Crippen LogP contribution >= 0.6 is 11.8 Å². The molecule has 0 spiro atoms. The number of aryl methyl sites for hydroxylation is 1.